The topological polar surface area (TPSA) is 9.72 Å². The summed E-state index contributed by atoms with van der Waals surface area (Å²) in [7, 11) is 0. The molecule has 3 heterocycles. The molecule has 0 aromatic heterocycles. The summed E-state index contributed by atoms with van der Waals surface area (Å²) >= 11 is -4.34. The Morgan fingerprint density at radius 1 is 0.310 bits per heavy atom. The summed E-state index contributed by atoms with van der Waals surface area (Å²) in [6, 6.07) is 53.6. The second-order valence-corrected chi connectivity index (χ2v) is 33.8. The summed E-state index contributed by atoms with van der Waals surface area (Å²) in [5.74, 6) is 0. The Balaban J connectivity index is 1.50. The first kappa shape index (κ1) is 24.2. The maximum atomic E-state index is 2.69. The fraction of sp³-hybridized carbons (Fsp3) is 0.0526. The van der Waals surface area contributed by atoms with Crippen molar-refractivity contribution in [2.24, 2.45) is 0 Å². The van der Waals surface area contributed by atoms with Crippen LogP contribution in [0.2, 0.25) is 9.26 Å². The number of hydrogen-bond acceptors (Lipinski definition) is 3. The first-order chi connectivity index (χ1) is 20.6. The van der Waals surface area contributed by atoms with Crippen LogP contribution in [-0.4, -0.2) is 18.8 Å². The van der Waals surface area contributed by atoms with Gasteiger partial charge in [-0.05, 0) is 0 Å². The van der Waals surface area contributed by atoms with Crippen LogP contribution in [0.1, 0.15) is 0 Å². The summed E-state index contributed by atoms with van der Waals surface area (Å²) < 4.78 is 10.0. The molecule has 0 bridgehead atoms. The van der Waals surface area contributed by atoms with Crippen LogP contribution in [0.4, 0.5) is 51.2 Å². The molecule has 0 aliphatic carbocycles. The van der Waals surface area contributed by atoms with Crippen molar-refractivity contribution in [2.45, 2.75) is 9.26 Å². The van der Waals surface area contributed by atoms with Gasteiger partial charge in [0.05, 0.1) is 0 Å². The zero-order valence-electron chi connectivity index (χ0n) is 23.6. The van der Waals surface area contributed by atoms with Gasteiger partial charge in [0, 0.05) is 0 Å². The second-order valence-electron chi connectivity index (χ2n) is 12.1. The van der Waals surface area contributed by atoms with Crippen molar-refractivity contribution < 1.29 is 0 Å². The van der Waals surface area contributed by atoms with Crippen molar-refractivity contribution in [3.63, 3.8) is 0 Å². The van der Waals surface area contributed by atoms with Crippen molar-refractivity contribution >= 4 is 79.8 Å². The van der Waals surface area contributed by atoms with E-state index in [-0.39, 0.29) is 0 Å². The summed E-state index contributed by atoms with van der Waals surface area (Å²) in [4.78, 5) is 7.56. The minimum atomic E-state index is -4.34. The quantitative estimate of drug-likeness (QED) is 0.168. The Hall–Kier alpha value is -4.40. The van der Waals surface area contributed by atoms with E-state index in [9.17, 15) is 0 Å². The van der Waals surface area contributed by atoms with E-state index in [0.29, 0.717) is 0 Å². The summed E-state index contributed by atoms with van der Waals surface area (Å²) in [5, 5.41) is 0. The van der Waals surface area contributed by atoms with E-state index in [2.05, 4.69) is 170 Å². The van der Waals surface area contributed by atoms with Gasteiger partial charge in [0.15, 0.2) is 0 Å². The third kappa shape index (κ3) is 2.88. The summed E-state index contributed by atoms with van der Waals surface area (Å²) in [6.45, 7) is 0. The van der Waals surface area contributed by atoms with Crippen molar-refractivity contribution in [1.82, 2.24) is 0 Å². The Morgan fingerprint density at radius 2 is 0.548 bits per heavy atom. The third-order valence-corrected chi connectivity index (χ3v) is 30.5. The van der Waals surface area contributed by atoms with Crippen LogP contribution in [0.3, 0.4) is 0 Å². The molecule has 0 atom stereocenters. The number of benzene rings is 6. The summed E-state index contributed by atoms with van der Waals surface area (Å²) in [6.07, 6.45) is 0. The molecule has 6 aromatic rings. The Labute approximate surface area is 248 Å². The van der Waals surface area contributed by atoms with Gasteiger partial charge >= 0.3 is 249 Å². The molecule has 0 saturated heterocycles. The van der Waals surface area contributed by atoms with Gasteiger partial charge in [-0.3, -0.25) is 0 Å². The van der Waals surface area contributed by atoms with Gasteiger partial charge in [-0.1, -0.05) is 0 Å². The van der Waals surface area contributed by atoms with Crippen LogP contribution in [0.15, 0.2) is 146 Å². The predicted octanol–water partition coefficient (Wildman–Crippen LogP) is 8.72. The predicted molar refractivity (Wildman–Crippen MR) is 180 cm³/mol. The van der Waals surface area contributed by atoms with Crippen LogP contribution in [0.25, 0.3) is 0 Å². The molecular formula is C38H30BiN3. The monoisotopic (exact) mass is 737 g/mol. The van der Waals surface area contributed by atoms with Crippen molar-refractivity contribution in [1.29, 1.82) is 0 Å². The van der Waals surface area contributed by atoms with E-state index in [4.69, 9.17) is 0 Å². The molecule has 202 valence electrons. The normalized spacial score (nSPS) is 17.2. The van der Waals surface area contributed by atoms with Gasteiger partial charge in [0.2, 0.25) is 0 Å². The van der Waals surface area contributed by atoms with Gasteiger partial charge in [-0.2, -0.15) is 0 Å². The first-order valence-corrected chi connectivity index (χ1v) is 26.7. The molecule has 0 radical (unpaired) electrons. The zero-order chi connectivity index (χ0) is 28.1. The number of hydrogen-bond donors (Lipinski definition) is 0. The number of nitrogens with zero attached hydrogens (tertiary/aromatic N) is 3. The molecule has 6 aromatic carbocycles. The Kier molecular flexibility index (Phi) is 4.81. The van der Waals surface area contributed by atoms with E-state index < -0.39 is 18.8 Å². The minimum absolute atomic E-state index is 1.19. The average molecular weight is 738 g/mol. The molecule has 0 spiro atoms. The molecule has 0 N–H and O–H groups in total. The third-order valence-electron chi connectivity index (χ3n) is 9.48. The SMILES string of the molecule is [CH3][Bi]12([CH3])[c]3c4cccc3N(c3ccccc3)c3cccc([c]31)N(c1ccccc1)c1cccc([c]12)N4c1ccccc1. The van der Waals surface area contributed by atoms with Gasteiger partial charge in [0.1, 0.15) is 0 Å². The van der Waals surface area contributed by atoms with E-state index in [0.717, 1.165) is 0 Å². The number of anilines is 9. The van der Waals surface area contributed by atoms with Crippen LogP contribution < -0.4 is 24.5 Å². The van der Waals surface area contributed by atoms with Crippen LogP contribution >= 0.6 is 0 Å². The van der Waals surface area contributed by atoms with Gasteiger partial charge in [-0.25, -0.2) is 0 Å². The molecule has 3 aliphatic rings. The fourth-order valence-corrected chi connectivity index (χ4v) is 30.7. The molecule has 9 rings (SSSR count). The molecule has 3 aliphatic heterocycles. The van der Waals surface area contributed by atoms with E-state index >= 15 is 0 Å². The van der Waals surface area contributed by atoms with Gasteiger partial charge in [0.25, 0.3) is 0 Å². The Bertz CT molecular complexity index is 1730. The summed E-state index contributed by atoms with van der Waals surface area (Å²) in [5.41, 5.74) is 11.5. The second kappa shape index (κ2) is 8.34. The molecule has 42 heavy (non-hydrogen) atoms. The number of rotatable bonds is 3. The molecule has 4 heteroatoms. The van der Waals surface area contributed by atoms with Gasteiger partial charge in [-0.15, -0.1) is 0 Å². The Morgan fingerprint density at radius 3 is 0.786 bits per heavy atom. The first-order valence-electron chi connectivity index (χ1n) is 14.5. The van der Waals surface area contributed by atoms with Crippen LogP contribution in [-0.2, 0) is 0 Å². The molecule has 0 saturated carbocycles. The molecule has 0 fully saturated rings. The molecule has 3 nitrogen and oxygen atoms in total. The average Bonchev–Trinajstić information content (AvgIpc) is 3.02. The van der Waals surface area contributed by atoms with Crippen LogP contribution in [0.5, 0.6) is 0 Å². The van der Waals surface area contributed by atoms with Crippen molar-refractivity contribution in [3.8, 4) is 0 Å². The van der Waals surface area contributed by atoms with Crippen molar-refractivity contribution in [2.75, 3.05) is 14.7 Å². The number of para-hydroxylation sites is 3. The molecular weight excluding hydrogens is 707 g/mol. The van der Waals surface area contributed by atoms with E-state index in [1.807, 2.05) is 0 Å². The van der Waals surface area contributed by atoms with Crippen molar-refractivity contribution in [3.05, 3.63) is 146 Å². The van der Waals surface area contributed by atoms with E-state index in [1.165, 1.54) is 51.2 Å². The zero-order valence-corrected chi connectivity index (χ0v) is 27.1. The maximum absolute atomic E-state index is 4.34. The fourth-order valence-electron chi connectivity index (χ4n) is 7.99. The van der Waals surface area contributed by atoms with Gasteiger partial charge < -0.3 is 0 Å². The molecule has 0 unspecified atom stereocenters. The van der Waals surface area contributed by atoms with E-state index in [1.54, 1.807) is 9.81 Å². The molecule has 0 amide bonds. The standard InChI is InChI=1S/C36H24N3.2CH3.Bi/c1-4-13-28(14-5-1)37-31-19-10-21-33(25-31)38(29-15-6-2-7-16-29)35-23-12-24-36(27-35)39(30-17-8-3-9-18-30)34-22-11-20-32(37)26-34;;;/h1-24H;2*1H3;. The van der Waals surface area contributed by atoms with Crippen LogP contribution in [0, 0.1) is 0 Å².